The number of rotatable bonds is 9. The van der Waals surface area contributed by atoms with Crippen LogP contribution < -0.4 is 0 Å². The third kappa shape index (κ3) is 4.93. The highest BCUT2D eigenvalue weighted by Crippen LogP contribution is 2.43. The summed E-state index contributed by atoms with van der Waals surface area (Å²) in [6.45, 7) is 9.20. The van der Waals surface area contributed by atoms with Gasteiger partial charge in [-0.05, 0) is 38.6 Å². The number of likely N-dealkylation sites (tertiary alicyclic amines) is 1. The third-order valence-electron chi connectivity index (χ3n) is 5.53. The molecule has 1 unspecified atom stereocenters. The van der Waals surface area contributed by atoms with Crippen LogP contribution in [0.25, 0.3) is 0 Å². The van der Waals surface area contributed by atoms with Gasteiger partial charge in [0, 0.05) is 39.4 Å². The van der Waals surface area contributed by atoms with Crippen LogP contribution in [0, 0.1) is 11.3 Å². The molecule has 1 atom stereocenters. The molecule has 5 nitrogen and oxygen atoms in total. The molecule has 2 rings (SSSR count). The molecule has 140 valence electrons. The zero-order valence-electron chi connectivity index (χ0n) is 16.1. The average molecular weight is 341 g/mol. The number of hydrogen-bond acceptors (Lipinski definition) is 4. The van der Waals surface area contributed by atoms with E-state index in [1.807, 2.05) is 0 Å². The lowest BCUT2D eigenvalue weighted by atomic mass is 9.68. The summed E-state index contributed by atoms with van der Waals surface area (Å²) in [7, 11) is 3.86. The Bertz CT molecular complexity index is 396. The number of amides is 1. The summed E-state index contributed by atoms with van der Waals surface area (Å²) in [5.41, 5.74) is -0.227. The molecule has 1 aliphatic carbocycles. The minimum Gasteiger partial charge on any atom is -0.384 e. The molecule has 2 aliphatic rings. The molecular weight excluding hydrogens is 304 g/mol. The summed E-state index contributed by atoms with van der Waals surface area (Å²) in [4.78, 5) is 17.5. The minimum atomic E-state index is -0.227. The van der Waals surface area contributed by atoms with Crippen LogP contribution in [-0.4, -0.2) is 75.4 Å². The van der Waals surface area contributed by atoms with Crippen molar-refractivity contribution in [3.63, 3.8) is 0 Å². The number of likely N-dealkylation sites (N-methyl/N-ethyl adjacent to an activating group) is 1. The minimum absolute atomic E-state index is 0.227. The smallest absolute Gasteiger partial charge is 0.231 e. The second kappa shape index (κ2) is 9.16. The molecule has 1 saturated heterocycles. The van der Waals surface area contributed by atoms with Crippen molar-refractivity contribution < 1.29 is 14.3 Å². The topological polar surface area (TPSA) is 42.0 Å². The molecule has 24 heavy (non-hydrogen) atoms. The van der Waals surface area contributed by atoms with Gasteiger partial charge in [0.15, 0.2) is 0 Å². The molecule has 0 aromatic heterocycles. The van der Waals surface area contributed by atoms with Crippen LogP contribution in [0.3, 0.4) is 0 Å². The number of methoxy groups -OCH3 is 1. The first-order valence-electron chi connectivity index (χ1n) is 9.55. The van der Waals surface area contributed by atoms with Crippen LogP contribution in [0.2, 0.25) is 0 Å². The van der Waals surface area contributed by atoms with Crippen molar-refractivity contribution in [1.29, 1.82) is 0 Å². The van der Waals surface area contributed by atoms with Gasteiger partial charge in [-0.25, -0.2) is 0 Å². The Morgan fingerprint density at radius 2 is 2.08 bits per heavy atom. The van der Waals surface area contributed by atoms with Crippen molar-refractivity contribution in [3.8, 4) is 0 Å². The molecule has 0 aromatic rings. The van der Waals surface area contributed by atoms with Gasteiger partial charge in [0.25, 0.3) is 0 Å². The Labute approximate surface area is 147 Å². The molecule has 0 N–H and O–H groups in total. The van der Waals surface area contributed by atoms with Gasteiger partial charge in [-0.2, -0.15) is 0 Å². The summed E-state index contributed by atoms with van der Waals surface area (Å²) in [6.07, 6.45) is 5.39. The fourth-order valence-corrected chi connectivity index (χ4v) is 3.84. The quantitative estimate of drug-likeness (QED) is 0.605. The van der Waals surface area contributed by atoms with Crippen molar-refractivity contribution in [1.82, 2.24) is 9.80 Å². The summed E-state index contributed by atoms with van der Waals surface area (Å²) in [5.74, 6) is 0.905. The number of ether oxygens (including phenoxy) is 2. The SMILES string of the molecule is COCC1(C(=O)N2CCCC(N(C)CCOCC(C)C)C2)CCC1. The lowest BCUT2D eigenvalue weighted by Gasteiger charge is -2.46. The van der Waals surface area contributed by atoms with Crippen molar-refractivity contribution in [2.45, 2.75) is 52.0 Å². The van der Waals surface area contributed by atoms with Gasteiger partial charge in [-0.3, -0.25) is 9.69 Å². The Balaban J connectivity index is 1.81. The molecule has 5 heteroatoms. The summed E-state index contributed by atoms with van der Waals surface area (Å²) >= 11 is 0. The monoisotopic (exact) mass is 340 g/mol. The molecule has 1 saturated carbocycles. The maximum atomic E-state index is 13.0. The van der Waals surface area contributed by atoms with E-state index < -0.39 is 0 Å². The predicted octanol–water partition coefficient (Wildman–Crippen LogP) is 2.40. The zero-order valence-corrected chi connectivity index (χ0v) is 16.1. The highest BCUT2D eigenvalue weighted by molar-refractivity contribution is 5.84. The van der Waals surface area contributed by atoms with Gasteiger partial charge in [0.05, 0.1) is 18.6 Å². The fraction of sp³-hybridized carbons (Fsp3) is 0.947. The van der Waals surface area contributed by atoms with Crippen molar-refractivity contribution in [2.75, 3.05) is 53.6 Å². The van der Waals surface area contributed by atoms with Crippen LogP contribution in [-0.2, 0) is 14.3 Å². The van der Waals surface area contributed by atoms with Crippen LogP contribution in [0.1, 0.15) is 46.0 Å². The lowest BCUT2D eigenvalue weighted by Crippen LogP contribution is -2.56. The van der Waals surface area contributed by atoms with Gasteiger partial charge in [-0.1, -0.05) is 20.3 Å². The Hall–Kier alpha value is -0.650. The molecule has 0 radical (unpaired) electrons. The Kier molecular flexibility index (Phi) is 7.51. The van der Waals surface area contributed by atoms with E-state index in [0.717, 1.165) is 58.5 Å². The largest absolute Gasteiger partial charge is 0.384 e. The average Bonchev–Trinajstić information content (AvgIpc) is 2.54. The van der Waals surface area contributed by atoms with Gasteiger partial charge in [0.2, 0.25) is 5.91 Å². The van der Waals surface area contributed by atoms with Gasteiger partial charge in [-0.15, -0.1) is 0 Å². The zero-order chi connectivity index (χ0) is 17.6. The summed E-state index contributed by atoms with van der Waals surface area (Å²) in [6, 6.07) is 0.449. The van der Waals surface area contributed by atoms with Gasteiger partial charge < -0.3 is 14.4 Å². The molecule has 2 fully saturated rings. The highest BCUT2D eigenvalue weighted by atomic mass is 16.5. The van der Waals surface area contributed by atoms with Crippen LogP contribution in [0.5, 0.6) is 0 Å². The molecule has 0 bridgehead atoms. The molecule has 1 heterocycles. The Morgan fingerprint density at radius 1 is 1.33 bits per heavy atom. The summed E-state index contributed by atoms with van der Waals surface area (Å²) < 4.78 is 11.1. The van der Waals surface area contributed by atoms with Crippen LogP contribution in [0.15, 0.2) is 0 Å². The number of carbonyl (C=O) groups excluding carboxylic acids is 1. The molecule has 0 aromatic carbocycles. The van der Waals surface area contributed by atoms with Crippen molar-refractivity contribution in [3.05, 3.63) is 0 Å². The number of carbonyl (C=O) groups is 1. The highest BCUT2D eigenvalue weighted by Gasteiger charge is 2.47. The maximum Gasteiger partial charge on any atom is 0.231 e. The Morgan fingerprint density at radius 3 is 2.67 bits per heavy atom. The maximum absolute atomic E-state index is 13.0. The van der Waals surface area contributed by atoms with E-state index in [2.05, 4.69) is 30.7 Å². The number of hydrogen-bond donors (Lipinski definition) is 0. The number of piperidine rings is 1. The van der Waals surface area contributed by atoms with Crippen LogP contribution in [0.4, 0.5) is 0 Å². The van der Waals surface area contributed by atoms with E-state index in [1.165, 1.54) is 6.42 Å². The van der Waals surface area contributed by atoms with Gasteiger partial charge >= 0.3 is 0 Å². The van der Waals surface area contributed by atoms with E-state index in [0.29, 0.717) is 24.5 Å². The predicted molar refractivity (Wildman–Crippen MR) is 96.0 cm³/mol. The normalized spacial score (nSPS) is 23.6. The number of nitrogens with zero attached hydrogens (tertiary/aromatic N) is 2. The molecular formula is C19H36N2O3. The fourth-order valence-electron chi connectivity index (χ4n) is 3.84. The second-order valence-electron chi connectivity index (χ2n) is 8.06. The van der Waals surface area contributed by atoms with E-state index in [9.17, 15) is 4.79 Å². The van der Waals surface area contributed by atoms with Crippen molar-refractivity contribution >= 4 is 5.91 Å². The van der Waals surface area contributed by atoms with E-state index >= 15 is 0 Å². The van der Waals surface area contributed by atoms with E-state index in [1.54, 1.807) is 7.11 Å². The van der Waals surface area contributed by atoms with Crippen molar-refractivity contribution in [2.24, 2.45) is 11.3 Å². The first-order chi connectivity index (χ1) is 11.5. The second-order valence-corrected chi connectivity index (χ2v) is 8.06. The van der Waals surface area contributed by atoms with Gasteiger partial charge in [0.1, 0.15) is 0 Å². The molecule has 0 spiro atoms. The first kappa shape index (κ1) is 19.7. The molecule has 1 aliphatic heterocycles. The summed E-state index contributed by atoms with van der Waals surface area (Å²) in [5, 5.41) is 0. The molecule has 1 amide bonds. The standard InChI is InChI=1S/C19H36N2O3/c1-16(2)14-24-12-11-20(3)17-7-5-10-21(13-17)18(22)19(15-23-4)8-6-9-19/h16-17H,5-15H2,1-4H3. The first-order valence-corrected chi connectivity index (χ1v) is 9.55. The van der Waals surface area contributed by atoms with Crippen LogP contribution >= 0.6 is 0 Å². The van der Waals surface area contributed by atoms with E-state index in [4.69, 9.17) is 9.47 Å². The lowest BCUT2D eigenvalue weighted by molar-refractivity contribution is -0.154. The third-order valence-corrected chi connectivity index (χ3v) is 5.53. The van der Waals surface area contributed by atoms with E-state index in [-0.39, 0.29) is 5.41 Å².